The van der Waals surface area contributed by atoms with Crippen LogP contribution in [-0.4, -0.2) is 48.9 Å². The molecule has 0 aliphatic carbocycles. The molecule has 0 radical (unpaired) electrons. The molecule has 0 aromatic carbocycles. The molecule has 2 saturated heterocycles. The molecule has 1 unspecified atom stereocenters. The van der Waals surface area contributed by atoms with Crippen molar-refractivity contribution < 1.29 is 4.74 Å². The van der Waals surface area contributed by atoms with Crippen LogP contribution in [0, 0.1) is 6.92 Å². The van der Waals surface area contributed by atoms with E-state index in [1.54, 1.807) is 0 Å². The number of aromatic nitrogens is 2. The maximum atomic E-state index is 5.44. The number of nitrogens with zero attached hydrogens (tertiary/aromatic N) is 4. The summed E-state index contributed by atoms with van der Waals surface area (Å²) in [5, 5.41) is 0. The van der Waals surface area contributed by atoms with E-state index in [4.69, 9.17) is 14.7 Å². The summed E-state index contributed by atoms with van der Waals surface area (Å²) in [6.45, 7) is 8.85. The van der Waals surface area contributed by atoms with Gasteiger partial charge in [0, 0.05) is 37.4 Å². The van der Waals surface area contributed by atoms with Crippen LogP contribution in [0.3, 0.4) is 0 Å². The number of rotatable bonds is 3. The van der Waals surface area contributed by atoms with Crippen LogP contribution in [0.5, 0.6) is 0 Å². The molecule has 1 aromatic heterocycles. The molecule has 3 heterocycles. The van der Waals surface area contributed by atoms with Gasteiger partial charge in [0.15, 0.2) is 0 Å². The highest BCUT2D eigenvalue weighted by Crippen LogP contribution is 2.26. The van der Waals surface area contributed by atoms with Crippen LogP contribution < -0.4 is 9.80 Å². The Balaban J connectivity index is 1.85. The SMILES string of the molecule is CCC1CCCCN1c1nc(C)cc(N2CCOCC2)n1. The van der Waals surface area contributed by atoms with E-state index in [-0.39, 0.29) is 0 Å². The first-order chi connectivity index (χ1) is 10.3. The Morgan fingerprint density at radius 1 is 1.19 bits per heavy atom. The van der Waals surface area contributed by atoms with Gasteiger partial charge >= 0.3 is 0 Å². The quantitative estimate of drug-likeness (QED) is 0.855. The van der Waals surface area contributed by atoms with E-state index in [1.807, 2.05) is 0 Å². The molecule has 0 amide bonds. The number of hydrogen-bond acceptors (Lipinski definition) is 5. The molecular weight excluding hydrogens is 264 g/mol. The topological polar surface area (TPSA) is 41.5 Å². The highest BCUT2D eigenvalue weighted by atomic mass is 16.5. The van der Waals surface area contributed by atoms with Gasteiger partial charge in [-0.05, 0) is 32.6 Å². The van der Waals surface area contributed by atoms with Crippen LogP contribution in [-0.2, 0) is 4.74 Å². The first-order valence-corrected chi connectivity index (χ1v) is 8.23. The standard InChI is InChI=1S/C16H26N4O/c1-3-14-6-4-5-7-20(14)16-17-13(2)12-15(18-16)19-8-10-21-11-9-19/h12,14H,3-11H2,1-2H3. The van der Waals surface area contributed by atoms with Crippen molar-refractivity contribution in [2.75, 3.05) is 42.6 Å². The summed E-state index contributed by atoms with van der Waals surface area (Å²) in [6.07, 6.45) is 5.02. The molecule has 2 fully saturated rings. The fourth-order valence-electron chi connectivity index (χ4n) is 3.31. The molecule has 0 bridgehead atoms. The summed E-state index contributed by atoms with van der Waals surface area (Å²) in [5.41, 5.74) is 1.06. The molecule has 1 aromatic rings. The van der Waals surface area contributed by atoms with Crippen LogP contribution in [0.25, 0.3) is 0 Å². The minimum atomic E-state index is 0.595. The lowest BCUT2D eigenvalue weighted by molar-refractivity contribution is 0.122. The minimum absolute atomic E-state index is 0.595. The number of aryl methyl sites for hydroxylation is 1. The first kappa shape index (κ1) is 14.6. The largest absolute Gasteiger partial charge is 0.378 e. The van der Waals surface area contributed by atoms with Crippen molar-refractivity contribution in [3.05, 3.63) is 11.8 Å². The number of morpholine rings is 1. The normalized spacial score (nSPS) is 23.4. The van der Waals surface area contributed by atoms with E-state index in [2.05, 4.69) is 29.7 Å². The molecule has 0 saturated carbocycles. The second kappa shape index (κ2) is 6.60. The van der Waals surface area contributed by atoms with Gasteiger partial charge in [-0.2, -0.15) is 4.98 Å². The third kappa shape index (κ3) is 3.28. The van der Waals surface area contributed by atoms with Gasteiger partial charge in [-0.1, -0.05) is 6.92 Å². The van der Waals surface area contributed by atoms with Crippen LogP contribution >= 0.6 is 0 Å². The van der Waals surface area contributed by atoms with Crippen molar-refractivity contribution in [3.63, 3.8) is 0 Å². The number of anilines is 2. The number of ether oxygens (including phenoxy) is 1. The molecule has 5 heteroatoms. The van der Waals surface area contributed by atoms with Gasteiger partial charge in [-0.25, -0.2) is 4.98 Å². The van der Waals surface area contributed by atoms with Crippen molar-refractivity contribution in [2.24, 2.45) is 0 Å². The third-order valence-corrected chi connectivity index (χ3v) is 4.52. The van der Waals surface area contributed by atoms with Crippen molar-refractivity contribution >= 4 is 11.8 Å². The van der Waals surface area contributed by atoms with Gasteiger partial charge in [-0.3, -0.25) is 0 Å². The molecule has 0 N–H and O–H groups in total. The van der Waals surface area contributed by atoms with E-state index >= 15 is 0 Å². The van der Waals surface area contributed by atoms with E-state index in [0.29, 0.717) is 6.04 Å². The zero-order valence-electron chi connectivity index (χ0n) is 13.2. The van der Waals surface area contributed by atoms with Crippen molar-refractivity contribution in [2.45, 2.75) is 45.6 Å². The minimum Gasteiger partial charge on any atom is -0.378 e. The smallest absolute Gasteiger partial charge is 0.227 e. The summed E-state index contributed by atoms with van der Waals surface area (Å²) in [7, 11) is 0. The zero-order chi connectivity index (χ0) is 14.7. The highest BCUT2D eigenvalue weighted by molar-refractivity contribution is 5.47. The lowest BCUT2D eigenvalue weighted by Crippen LogP contribution is -2.41. The zero-order valence-corrected chi connectivity index (χ0v) is 13.2. The highest BCUT2D eigenvalue weighted by Gasteiger charge is 2.24. The van der Waals surface area contributed by atoms with Crippen LogP contribution in [0.4, 0.5) is 11.8 Å². The van der Waals surface area contributed by atoms with Crippen LogP contribution in [0.2, 0.25) is 0 Å². The molecule has 21 heavy (non-hydrogen) atoms. The van der Waals surface area contributed by atoms with Crippen LogP contribution in [0.1, 0.15) is 38.3 Å². The molecule has 2 aliphatic rings. The van der Waals surface area contributed by atoms with Crippen molar-refractivity contribution in [3.8, 4) is 0 Å². The van der Waals surface area contributed by atoms with E-state index in [9.17, 15) is 0 Å². The fourth-order valence-corrected chi connectivity index (χ4v) is 3.31. The molecule has 3 rings (SSSR count). The Labute approximate surface area is 127 Å². The summed E-state index contributed by atoms with van der Waals surface area (Å²) >= 11 is 0. The second-order valence-corrected chi connectivity index (χ2v) is 6.02. The van der Waals surface area contributed by atoms with Gasteiger partial charge in [-0.15, -0.1) is 0 Å². The van der Waals surface area contributed by atoms with Crippen LogP contribution in [0.15, 0.2) is 6.07 Å². The number of hydrogen-bond donors (Lipinski definition) is 0. The van der Waals surface area contributed by atoms with Gasteiger partial charge in [0.1, 0.15) is 5.82 Å². The molecule has 116 valence electrons. The van der Waals surface area contributed by atoms with E-state index in [1.165, 1.54) is 25.7 Å². The maximum Gasteiger partial charge on any atom is 0.227 e. The Hall–Kier alpha value is -1.36. The van der Waals surface area contributed by atoms with Crippen molar-refractivity contribution in [1.82, 2.24) is 9.97 Å². The Morgan fingerprint density at radius 3 is 2.76 bits per heavy atom. The molecule has 5 nitrogen and oxygen atoms in total. The summed E-state index contributed by atoms with van der Waals surface area (Å²) in [4.78, 5) is 14.3. The fraction of sp³-hybridized carbons (Fsp3) is 0.750. The van der Waals surface area contributed by atoms with E-state index < -0.39 is 0 Å². The second-order valence-electron chi connectivity index (χ2n) is 6.02. The van der Waals surface area contributed by atoms with Gasteiger partial charge in [0.25, 0.3) is 0 Å². The summed E-state index contributed by atoms with van der Waals surface area (Å²) < 4.78 is 5.44. The lowest BCUT2D eigenvalue weighted by atomic mass is 10.0. The molecular formula is C16H26N4O. The lowest BCUT2D eigenvalue weighted by Gasteiger charge is -2.36. The van der Waals surface area contributed by atoms with Gasteiger partial charge < -0.3 is 14.5 Å². The Morgan fingerprint density at radius 2 is 2.00 bits per heavy atom. The van der Waals surface area contributed by atoms with Gasteiger partial charge in [0.2, 0.25) is 5.95 Å². The molecule has 0 spiro atoms. The third-order valence-electron chi connectivity index (χ3n) is 4.52. The maximum absolute atomic E-state index is 5.44. The summed E-state index contributed by atoms with van der Waals surface area (Å²) in [5.74, 6) is 1.98. The Kier molecular flexibility index (Phi) is 4.58. The predicted molar refractivity (Wildman–Crippen MR) is 85.1 cm³/mol. The van der Waals surface area contributed by atoms with Crippen molar-refractivity contribution in [1.29, 1.82) is 0 Å². The van der Waals surface area contributed by atoms with Gasteiger partial charge in [0.05, 0.1) is 13.2 Å². The number of piperidine rings is 1. The molecule has 2 aliphatic heterocycles. The molecule has 1 atom stereocenters. The summed E-state index contributed by atoms with van der Waals surface area (Å²) in [6, 6.07) is 2.69. The average Bonchev–Trinajstić information content (AvgIpc) is 2.55. The Bertz CT molecular complexity index is 473. The average molecular weight is 290 g/mol. The van der Waals surface area contributed by atoms with E-state index in [0.717, 1.165) is 50.3 Å². The first-order valence-electron chi connectivity index (χ1n) is 8.23. The predicted octanol–water partition coefficient (Wildman–Crippen LogP) is 2.39. The monoisotopic (exact) mass is 290 g/mol.